The molecule has 0 radical (unpaired) electrons. The molecule has 0 aliphatic carbocycles. The molecule has 3 aromatic rings. The Bertz CT molecular complexity index is 1100. The molecule has 4 rings (SSSR count). The molecule has 0 spiro atoms. The summed E-state index contributed by atoms with van der Waals surface area (Å²) in [6.45, 7) is 3.09. The first-order valence-corrected chi connectivity index (χ1v) is 11.7. The molecule has 1 atom stereocenters. The molecule has 158 valence electrons. The average molecular weight is 445 g/mol. The smallest absolute Gasteiger partial charge is 0.310 e. The average Bonchev–Trinajstić information content (AvgIpc) is 3.31. The van der Waals surface area contributed by atoms with E-state index in [1.54, 1.807) is 30.2 Å². The van der Waals surface area contributed by atoms with E-state index in [1.807, 2.05) is 18.2 Å². The third kappa shape index (κ3) is 4.06. The van der Waals surface area contributed by atoms with Gasteiger partial charge in [-0.25, -0.2) is 0 Å². The SMILES string of the molecule is CCOC(=O)C1CCCN(C(=O)CN(C)C(=O)c2cc3sc4ccccc4c3s2)C1. The van der Waals surface area contributed by atoms with Crippen molar-refractivity contribution < 1.29 is 19.1 Å². The molecule has 1 unspecified atom stereocenters. The maximum absolute atomic E-state index is 12.9. The monoisotopic (exact) mass is 444 g/mol. The van der Waals surface area contributed by atoms with Crippen LogP contribution in [0.25, 0.3) is 19.5 Å². The lowest BCUT2D eigenvalue weighted by Crippen LogP contribution is -2.47. The minimum absolute atomic E-state index is 0.000670. The third-order valence-corrected chi connectivity index (χ3v) is 7.78. The quantitative estimate of drug-likeness (QED) is 0.558. The number of benzene rings is 1. The summed E-state index contributed by atoms with van der Waals surface area (Å²) >= 11 is 3.15. The number of fused-ring (bicyclic) bond motifs is 3. The van der Waals surface area contributed by atoms with Gasteiger partial charge >= 0.3 is 5.97 Å². The first kappa shape index (κ1) is 20.8. The molecule has 1 aliphatic rings. The summed E-state index contributed by atoms with van der Waals surface area (Å²) in [5.41, 5.74) is 0. The zero-order chi connectivity index (χ0) is 21.3. The van der Waals surface area contributed by atoms with Crippen molar-refractivity contribution in [3.8, 4) is 0 Å². The Morgan fingerprint density at radius 3 is 2.80 bits per heavy atom. The van der Waals surface area contributed by atoms with E-state index in [4.69, 9.17) is 4.74 Å². The third-order valence-electron chi connectivity index (χ3n) is 5.37. The van der Waals surface area contributed by atoms with Crippen LogP contribution in [0.3, 0.4) is 0 Å². The van der Waals surface area contributed by atoms with Gasteiger partial charge in [-0.05, 0) is 31.9 Å². The standard InChI is InChI=1S/C22H24N2O4S2/c1-3-28-22(27)14-7-6-10-24(12-14)19(25)13-23(2)21(26)18-11-17-20(30-18)15-8-4-5-9-16(15)29-17/h4-5,8-9,11,14H,3,6-7,10,12-13H2,1-2H3. The second-order valence-corrected chi connectivity index (χ2v) is 9.63. The van der Waals surface area contributed by atoms with Crippen LogP contribution in [0.15, 0.2) is 30.3 Å². The number of hydrogen-bond donors (Lipinski definition) is 0. The van der Waals surface area contributed by atoms with Gasteiger partial charge in [0.25, 0.3) is 5.91 Å². The van der Waals surface area contributed by atoms with Crippen molar-refractivity contribution in [3.63, 3.8) is 0 Å². The summed E-state index contributed by atoms with van der Waals surface area (Å²) in [5.74, 6) is -0.810. The van der Waals surface area contributed by atoms with E-state index >= 15 is 0 Å². The Morgan fingerprint density at radius 1 is 1.20 bits per heavy atom. The van der Waals surface area contributed by atoms with E-state index in [1.165, 1.54) is 26.3 Å². The van der Waals surface area contributed by atoms with Crippen molar-refractivity contribution in [1.29, 1.82) is 0 Å². The molecule has 30 heavy (non-hydrogen) atoms. The van der Waals surface area contributed by atoms with Crippen LogP contribution < -0.4 is 0 Å². The van der Waals surface area contributed by atoms with Crippen LogP contribution >= 0.6 is 22.7 Å². The lowest BCUT2D eigenvalue weighted by Gasteiger charge is -2.32. The van der Waals surface area contributed by atoms with Gasteiger partial charge in [-0.1, -0.05) is 18.2 Å². The lowest BCUT2D eigenvalue weighted by molar-refractivity contribution is -0.151. The minimum Gasteiger partial charge on any atom is -0.466 e. The van der Waals surface area contributed by atoms with E-state index < -0.39 is 0 Å². The second-order valence-electron chi connectivity index (χ2n) is 7.49. The zero-order valence-electron chi connectivity index (χ0n) is 17.1. The fourth-order valence-electron chi connectivity index (χ4n) is 3.82. The molecule has 3 heterocycles. The first-order chi connectivity index (χ1) is 14.5. The number of hydrogen-bond acceptors (Lipinski definition) is 6. The number of carbonyl (C=O) groups excluding carboxylic acids is 3. The molecule has 1 aliphatic heterocycles. The van der Waals surface area contributed by atoms with Crippen LogP contribution in [-0.4, -0.2) is 60.9 Å². The summed E-state index contributed by atoms with van der Waals surface area (Å²) in [6, 6.07) is 10.1. The molecule has 6 nitrogen and oxygen atoms in total. The number of likely N-dealkylation sites (tertiary alicyclic amines) is 1. The van der Waals surface area contributed by atoms with Gasteiger partial charge in [0.05, 0.1) is 28.6 Å². The van der Waals surface area contributed by atoms with Gasteiger partial charge in [0.2, 0.25) is 5.91 Å². The first-order valence-electron chi connectivity index (χ1n) is 10.1. The molecule has 1 saturated heterocycles. The van der Waals surface area contributed by atoms with Crippen molar-refractivity contribution in [3.05, 3.63) is 35.2 Å². The van der Waals surface area contributed by atoms with E-state index in [0.29, 0.717) is 24.6 Å². The Labute approximate surface area is 183 Å². The van der Waals surface area contributed by atoms with Crippen molar-refractivity contribution in [2.45, 2.75) is 19.8 Å². The summed E-state index contributed by atoms with van der Waals surface area (Å²) in [4.78, 5) is 41.5. The van der Waals surface area contributed by atoms with Crippen molar-refractivity contribution in [2.75, 3.05) is 33.3 Å². The van der Waals surface area contributed by atoms with Crippen LogP contribution in [0, 0.1) is 5.92 Å². The van der Waals surface area contributed by atoms with E-state index in [-0.39, 0.29) is 30.2 Å². The largest absolute Gasteiger partial charge is 0.466 e. The number of esters is 1. The highest BCUT2D eigenvalue weighted by Crippen LogP contribution is 2.39. The van der Waals surface area contributed by atoms with Crippen molar-refractivity contribution in [2.24, 2.45) is 5.92 Å². The van der Waals surface area contributed by atoms with E-state index in [0.717, 1.165) is 22.2 Å². The predicted octanol–water partition coefficient (Wildman–Crippen LogP) is 3.99. The number of rotatable bonds is 5. The number of nitrogens with zero attached hydrogens (tertiary/aromatic N) is 2. The number of thiophene rings is 2. The second kappa shape index (κ2) is 8.73. The van der Waals surface area contributed by atoms with Crippen molar-refractivity contribution >= 4 is 59.9 Å². The Hall–Kier alpha value is -2.45. The topological polar surface area (TPSA) is 66.9 Å². The molecule has 0 N–H and O–H groups in total. The normalized spacial score (nSPS) is 16.7. The van der Waals surface area contributed by atoms with Gasteiger partial charge in [0.15, 0.2) is 0 Å². The number of carbonyl (C=O) groups is 3. The van der Waals surface area contributed by atoms with Gasteiger partial charge in [0.1, 0.15) is 0 Å². The molecule has 8 heteroatoms. The van der Waals surface area contributed by atoms with Gasteiger partial charge in [-0.15, -0.1) is 22.7 Å². The molecular formula is C22H24N2O4S2. The van der Waals surface area contributed by atoms with Crippen molar-refractivity contribution in [1.82, 2.24) is 9.80 Å². The van der Waals surface area contributed by atoms with Gasteiger partial charge in [-0.3, -0.25) is 14.4 Å². The fourth-order valence-corrected chi connectivity index (χ4v) is 6.34. The summed E-state index contributed by atoms with van der Waals surface area (Å²) in [6.07, 6.45) is 1.50. The highest BCUT2D eigenvalue weighted by molar-refractivity contribution is 7.33. The number of likely N-dealkylation sites (N-methyl/N-ethyl adjacent to an activating group) is 1. The Morgan fingerprint density at radius 2 is 2.00 bits per heavy atom. The Kier molecular flexibility index (Phi) is 6.06. The van der Waals surface area contributed by atoms with Crippen LogP contribution in [0.1, 0.15) is 29.4 Å². The van der Waals surface area contributed by atoms with Crippen LogP contribution in [-0.2, 0) is 14.3 Å². The van der Waals surface area contributed by atoms with Gasteiger partial charge < -0.3 is 14.5 Å². The molecular weight excluding hydrogens is 420 g/mol. The maximum atomic E-state index is 12.9. The highest BCUT2D eigenvalue weighted by atomic mass is 32.1. The van der Waals surface area contributed by atoms with Crippen LogP contribution in [0.2, 0.25) is 0 Å². The molecule has 2 amide bonds. The molecule has 0 saturated carbocycles. The summed E-state index contributed by atoms with van der Waals surface area (Å²) in [5, 5.41) is 1.17. The van der Waals surface area contributed by atoms with Gasteiger partial charge in [-0.2, -0.15) is 0 Å². The van der Waals surface area contributed by atoms with E-state index in [9.17, 15) is 14.4 Å². The fraction of sp³-hybridized carbons (Fsp3) is 0.409. The molecule has 1 fully saturated rings. The molecule has 2 aromatic heterocycles. The molecule has 1 aromatic carbocycles. The maximum Gasteiger partial charge on any atom is 0.310 e. The Balaban J connectivity index is 1.42. The van der Waals surface area contributed by atoms with Crippen LogP contribution in [0.5, 0.6) is 0 Å². The summed E-state index contributed by atoms with van der Waals surface area (Å²) in [7, 11) is 1.65. The van der Waals surface area contributed by atoms with Gasteiger partial charge in [0, 0.05) is 34.9 Å². The number of amides is 2. The van der Waals surface area contributed by atoms with Crippen LogP contribution in [0.4, 0.5) is 0 Å². The highest BCUT2D eigenvalue weighted by Gasteiger charge is 2.30. The molecule has 0 bridgehead atoms. The zero-order valence-corrected chi connectivity index (χ0v) is 18.7. The summed E-state index contributed by atoms with van der Waals surface area (Å²) < 4.78 is 8.52. The number of ether oxygens (including phenoxy) is 1. The lowest BCUT2D eigenvalue weighted by atomic mass is 9.98. The minimum atomic E-state index is -0.277. The van der Waals surface area contributed by atoms with E-state index in [2.05, 4.69) is 12.1 Å². The predicted molar refractivity (Wildman–Crippen MR) is 120 cm³/mol. The number of piperidine rings is 1.